The van der Waals surface area contributed by atoms with Gasteiger partial charge in [0, 0.05) is 12.0 Å². The average Bonchev–Trinajstić information content (AvgIpc) is 2.73. The number of aryl methyl sites for hydroxylation is 1. The van der Waals surface area contributed by atoms with Gasteiger partial charge in [0.1, 0.15) is 11.5 Å². The van der Waals surface area contributed by atoms with Crippen LogP contribution in [-0.4, -0.2) is 13.1 Å². The molecule has 2 aromatic rings. The molecule has 1 aliphatic heterocycles. The highest BCUT2D eigenvalue weighted by atomic mass is 16.3. The van der Waals surface area contributed by atoms with Crippen molar-refractivity contribution in [3.8, 4) is 11.3 Å². The Balaban J connectivity index is 1.76. The summed E-state index contributed by atoms with van der Waals surface area (Å²) in [7, 11) is 0. The van der Waals surface area contributed by atoms with Crippen LogP contribution < -0.4 is 5.32 Å². The van der Waals surface area contributed by atoms with E-state index in [0.29, 0.717) is 0 Å². The predicted octanol–water partition coefficient (Wildman–Crippen LogP) is 3.02. The molecular weight excluding hydrogens is 210 g/mol. The van der Waals surface area contributed by atoms with Crippen LogP contribution in [0.3, 0.4) is 0 Å². The molecule has 1 aliphatic rings. The van der Waals surface area contributed by atoms with Crippen LogP contribution in [-0.2, 0) is 6.42 Å². The SMILES string of the molecule is Cc1ccc(-c2ccc(CC3CNC3)o2)cc1. The number of hydrogen-bond donors (Lipinski definition) is 1. The van der Waals surface area contributed by atoms with Crippen molar-refractivity contribution in [3.63, 3.8) is 0 Å². The van der Waals surface area contributed by atoms with Crippen LogP contribution in [0.15, 0.2) is 40.8 Å². The Labute approximate surface area is 102 Å². The molecule has 0 spiro atoms. The number of benzene rings is 1. The Morgan fingerprint density at radius 2 is 1.88 bits per heavy atom. The highest BCUT2D eigenvalue weighted by Gasteiger charge is 2.18. The molecule has 2 nitrogen and oxygen atoms in total. The first-order valence-corrected chi connectivity index (χ1v) is 6.18. The standard InChI is InChI=1S/C15H17NO/c1-11-2-4-13(5-3-11)15-7-6-14(17-15)8-12-9-16-10-12/h2-7,12,16H,8-10H2,1H3. The zero-order chi connectivity index (χ0) is 11.7. The minimum atomic E-state index is 0.756. The van der Waals surface area contributed by atoms with Gasteiger partial charge in [-0.05, 0) is 38.1 Å². The number of nitrogens with one attached hydrogen (secondary N) is 1. The van der Waals surface area contributed by atoms with Crippen LogP contribution in [0.5, 0.6) is 0 Å². The van der Waals surface area contributed by atoms with Gasteiger partial charge in [0.25, 0.3) is 0 Å². The van der Waals surface area contributed by atoms with Crippen LogP contribution in [0.25, 0.3) is 11.3 Å². The zero-order valence-electron chi connectivity index (χ0n) is 10.1. The monoisotopic (exact) mass is 227 g/mol. The van der Waals surface area contributed by atoms with Crippen molar-refractivity contribution in [2.24, 2.45) is 5.92 Å². The molecule has 0 unspecified atom stereocenters. The van der Waals surface area contributed by atoms with Crippen LogP contribution in [0.4, 0.5) is 0 Å². The van der Waals surface area contributed by atoms with Gasteiger partial charge in [-0.3, -0.25) is 0 Å². The van der Waals surface area contributed by atoms with Crippen molar-refractivity contribution >= 4 is 0 Å². The van der Waals surface area contributed by atoms with E-state index in [1.54, 1.807) is 0 Å². The molecular formula is C15H17NO. The second-order valence-electron chi connectivity index (χ2n) is 4.86. The third-order valence-corrected chi connectivity index (χ3v) is 3.35. The molecule has 1 aromatic heterocycles. The fourth-order valence-corrected chi connectivity index (χ4v) is 2.14. The molecule has 1 fully saturated rings. The van der Waals surface area contributed by atoms with Gasteiger partial charge < -0.3 is 9.73 Å². The highest BCUT2D eigenvalue weighted by Crippen LogP contribution is 2.24. The van der Waals surface area contributed by atoms with Gasteiger partial charge in [-0.2, -0.15) is 0 Å². The van der Waals surface area contributed by atoms with Gasteiger partial charge in [-0.25, -0.2) is 0 Å². The Kier molecular flexibility index (Phi) is 2.73. The molecule has 1 aromatic carbocycles. The average molecular weight is 227 g/mol. The molecule has 1 N–H and O–H groups in total. The molecule has 3 rings (SSSR count). The Morgan fingerprint density at radius 1 is 1.12 bits per heavy atom. The molecule has 0 aliphatic carbocycles. The third kappa shape index (κ3) is 2.27. The second-order valence-corrected chi connectivity index (χ2v) is 4.86. The summed E-state index contributed by atoms with van der Waals surface area (Å²) in [5.74, 6) is 2.84. The summed E-state index contributed by atoms with van der Waals surface area (Å²) >= 11 is 0. The van der Waals surface area contributed by atoms with Gasteiger partial charge in [-0.1, -0.05) is 29.8 Å². The molecule has 17 heavy (non-hydrogen) atoms. The predicted molar refractivity (Wildman–Crippen MR) is 68.9 cm³/mol. The molecule has 0 atom stereocenters. The Hall–Kier alpha value is -1.54. The first kappa shape index (κ1) is 10.6. The van der Waals surface area contributed by atoms with Crippen LogP contribution in [0.2, 0.25) is 0 Å². The quantitative estimate of drug-likeness (QED) is 0.872. The van der Waals surface area contributed by atoms with Crippen LogP contribution in [0, 0.1) is 12.8 Å². The summed E-state index contributed by atoms with van der Waals surface area (Å²) in [4.78, 5) is 0. The molecule has 1 saturated heterocycles. The van der Waals surface area contributed by atoms with E-state index in [2.05, 4.69) is 48.6 Å². The van der Waals surface area contributed by atoms with Gasteiger partial charge in [0.15, 0.2) is 0 Å². The molecule has 0 saturated carbocycles. The molecule has 0 radical (unpaired) electrons. The van der Waals surface area contributed by atoms with Gasteiger partial charge in [-0.15, -0.1) is 0 Å². The number of rotatable bonds is 3. The van der Waals surface area contributed by atoms with Crippen molar-refractivity contribution in [2.45, 2.75) is 13.3 Å². The molecule has 88 valence electrons. The maximum Gasteiger partial charge on any atom is 0.134 e. The lowest BCUT2D eigenvalue weighted by molar-refractivity contribution is 0.324. The van der Waals surface area contributed by atoms with E-state index < -0.39 is 0 Å². The van der Waals surface area contributed by atoms with Crippen LogP contribution >= 0.6 is 0 Å². The van der Waals surface area contributed by atoms with Crippen LogP contribution in [0.1, 0.15) is 11.3 Å². The molecule has 2 heteroatoms. The maximum absolute atomic E-state index is 5.89. The van der Waals surface area contributed by atoms with Gasteiger partial charge in [0.05, 0.1) is 0 Å². The second kappa shape index (κ2) is 4.38. The lowest BCUT2D eigenvalue weighted by Crippen LogP contribution is -2.42. The zero-order valence-corrected chi connectivity index (χ0v) is 10.1. The Bertz CT molecular complexity index is 494. The smallest absolute Gasteiger partial charge is 0.134 e. The lowest BCUT2D eigenvalue weighted by Gasteiger charge is -2.25. The van der Waals surface area contributed by atoms with Crippen molar-refractivity contribution in [1.82, 2.24) is 5.32 Å². The number of furan rings is 1. The number of hydrogen-bond acceptors (Lipinski definition) is 2. The Morgan fingerprint density at radius 3 is 2.53 bits per heavy atom. The van der Waals surface area contributed by atoms with Crippen molar-refractivity contribution < 1.29 is 4.42 Å². The van der Waals surface area contributed by atoms with Gasteiger partial charge >= 0.3 is 0 Å². The topological polar surface area (TPSA) is 25.2 Å². The maximum atomic E-state index is 5.89. The largest absolute Gasteiger partial charge is 0.461 e. The normalized spacial score (nSPS) is 15.8. The fourth-order valence-electron chi connectivity index (χ4n) is 2.14. The fraction of sp³-hybridized carbons (Fsp3) is 0.333. The summed E-state index contributed by atoms with van der Waals surface area (Å²) < 4.78 is 5.89. The summed E-state index contributed by atoms with van der Waals surface area (Å²) in [6.45, 7) is 4.35. The minimum absolute atomic E-state index is 0.756. The minimum Gasteiger partial charge on any atom is -0.461 e. The summed E-state index contributed by atoms with van der Waals surface area (Å²) in [6.07, 6.45) is 1.05. The van der Waals surface area contributed by atoms with E-state index in [-0.39, 0.29) is 0 Å². The van der Waals surface area contributed by atoms with E-state index in [1.165, 1.54) is 5.56 Å². The first-order chi connectivity index (χ1) is 8.31. The molecule has 2 heterocycles. The van der Waals surface area contributed by atoms with E-state index in [1.807, 2.05) is 0 Å². The van der Waals surface area contributed by atoms with Crippen molar-refractivity contribution in [1.29, 1.82) is 0 Å². The summed E-state index contributed by atoms with van der Waals surface area (Å²) in [5, 5.41) is 3.28. The molecule has 0 bridgehead atoms. The third-order valence-electron chi connectivity index (χ3n) is 3.35. The highest BCUT2D eigenvalue weighted by molar-refractivity contribution is 5.57. The summed E-state index contributed by atoms with van der Waals surface area (Å²) in [6, 6.07) is 12.6. The first-order valence-electron chi connectivity index (χ1n) is 6.18. The summed E-state index contributed by atoms with van der Waals surface area (Å²) in [5.41, 5.74) is 2.44. The van der Waals surface area contributed by atoms with Crippen molar-refractivity contribution in [3.05, 3.63) is 47.7 Å². The van der Waals surface area contributed by atoms with Gasteiger partial charge in [0.2, 0.25) is 0 Å². The van der Waals surface area contributed by atoms with E-state index in [9.17, 15) is 0 Å². The molecule has 0 amide bonds. The van der Waals surface area contributed by atoms with E-state index in [4.69, 9.17) is 4.42 Å². The van der Waals surface area contributed by atoms with Crippen molar-refractivity contribution in [2.75, 3.05) is 13.1 Å². The lowest BCUT2D eigenvalue weighted by atomic mass is 9.98. The van der Waals surface area contributed by atoms with E-state index >= 15 is 0 Å². The van der Waals surface area contributed by atoms with E-state index in [0.717, 1.165) is 42.5 Å².